The molecule has 1 heterocycles. The van der Waals surface area contributed by atoms with E-state index in [9.17, 15) is 18.0 Å². The first-order valence-electron chi connectivity index (χ1n) is 8.36. The summed E-state index contributed by atoms with van der Waals surface area (Å²) >= 11 is 0. The van der Waals surface area contributed by atoms with Crippen molar-refractivity contribution in [1.82, 2.24) is 15.5 Å². The lowest BCUT2D eigenvalue weighted by Crippen LogP contribution is -2.57. The highest BCUT2D eigenvalue weighted by Crippen LogP contribution is 2.25. The van der Waals surface area contributed by atoms with Gasteiger partial charge in [0, 0.05) is 38.3 Å². The van der Waals surface area contributed by atoms with Crippen LogP contribution in [0.15, 0.2) is 18.2 Å². The maximum Gasteiger partial charge on any atom is 0.405 e. The molecule has 25 heavy (non-hydrogen) atoms. The van der Waals surface area contributed by atoms with E-state index in [4.69, 9.17) is 4.74 Å². The normalized spacial score (nSPS) is 17.2. The molecule has 2 N–H and O–H groups in total. The molecular formula is C17H24F3N3O2. The fraction of sp³-hybridized carbons (Fsp3) is 0.588. The number of hydrogen-bond donors (Lipinski definition) is 2. The number of rotatable bonds is 6. The average Bonchev–Trinajstić information content (AvgIpc) is 2.57. The van der Waals surface area contributed by atoms with Crippen LogP contribution in [0.3, 0.4) is 0 Å². The number of hydrogen-bond acceptors (Lipinski definition) is 4. The first-order chi connectivity index (χ1) is 11.8. The van der Waals surface area contributed by atoms with E-state index in [1.807, 2.05) is 13.8 Å². The standard InChI is InChI=1S/C17H24F3N3O2/c1-3-25-14-10-13(5-4-12(14)2)16(24)22-11-15(17(18,19)20)23-8-6-21-7-9-23/h4-5,10,15,21H,3,6-9,11H2,1-2H3,(H,22,24). The number of alkyl halides is 3. The molecule has 1 aromatic carbocycles. The summed E-state index contributed by atoms with van der Waals surface area (Å²) in [6.45, 7) is 5.28. The van der Waals surface area contributed by atoms with Gasteiger partial charge in [0.1, 0.15) is 11.8 Å². The van der Waals surface area contributed by atoms with Crippen molar-refractivity contribution in [1.29, 1.82) is 0 Å². The van der Waals surface area contributed by atoms with Crippen molar-refractivity contribution >= 4 is 5.91 Å². The number of piperazine rings is 1. The summed E-state index contributed by atoms with van der Waals surface area (Å²) in [6, 6.07) is 3.18. The van der Waals surface area contributed by atoms with Gasteiger partial charge in [-0.15, -0.1) is 0 Å². The lowest BCUT2D eigenvalue weighted by atomic mass is 10.1. The number of benzene rings is 1. The second kappa shape index (κ2) is 8.53. The van der Waals surface area contributed by atoms with Gasteiger partial charge in [-0.05, 0) is 31.5 Å². The summed E-state index contributed by atoms with van der Waals surface area (Å²) in [4.78, 5) is 13.6. The number of amides is 1. The summed E-state index contributed by atoms with van der Waals surface area (Å²) in [5.41, 5.74) is 1.16. The fourth-order valence-electron chi connectivity index (χ4n) is 2.79. The molecule has 1 amide bonds. The average molecular weight is 359 g/mol. The summed E-state index contributed by atoms with van der Waals surface area (Å²) in [7, 11) is 0. The van der Waals surface area contributed by atoms with Gasteiger partial charge in [0.15, 0.2) is 0 Å². The van der Waals surface area contributed by atoms with Crippen LogP contribution in [0, 0.1) is 6.92 Å². The van der Waals surface area contributed by atoms with E-state index in [2.05, 4.69) is 10.6 Å². The highest BCUT2D eigenvalue weighted by molar-refractivity contribution is 5.94. The number of nitrogens with one attached hydrogen (secondary N) is 2. The van der Waals surface area contributed by atoms with Crippen LogP contribution < -0.4 is 15.4 Å². The van der Waals surface area contributed by atoms with Crippen molar-refractivity contribution in [2.24, 2.45) is 0 Å². The third kappa shape index (κ3) is 5.34. The Hall–Kier alpha value is -1.80. The number of carbonyl (C=O) groups excluding carboxylic acids is 1. The SMILES string of the molecule is CCOc1cc(C(=O)NCC(N2CCNCC2)C(F)(F)F)ccc1C. The lowest BCUT2D eigenvalue weighted by Gasteiger charge is -2.35. The minimum absolute atomic E-state index is 0.287. The number of nitrogens with zero attached hydrogens (tertiary/aromatic N) is 1. The van der Waals surface area contributed by atoms with Crippen LogP contribution in [-0.2, 0) is 0 Å². The van der Waals surface area contributed by atoms with E-state index in [1.165, 1.54) is 4.90 Å². The van der Waals surface area contributed by atoms with Gasteiger partial charge < -0.3 is 15.4 Å². The molecule has 8 heteroatoms. The van der Waals surface area contributed by atoms with Crippen LogP contribution in [0.5, 0.6) is 5.75 Å². The number of ether oxygens (including phenoxy) is 1. The topological polar surface area (TPSA) is 53.6 Å². The largest absolute Gasteiger partial charge is 0.494 e. The van der Waals surface area contributed by atoms with E-state index in [1.54, 1.807) is 18.2 Å². The predicted molar refractivity (Wildman–Crippen MR) is 89.0 cm³/mol. The van der Waals surface area contributed by atoms with Crippen LogP contribution in [0.25, 0.3) is 0 Å². The summed E-state index contributed by atoms with van der Waals surface area (Å²) in [5, 5.41) is 5.44. The van der Waals surface area contributed by atoms with Gasteiger partial charge in [0.2, 0.25) is 0 Å². The molecule has 1 saturated heterocycles. The summed E-state index contributed by atoms with van der Waals surface area (Å²) < 4.78 is 45.5. The molecule has 1 aliphatic heterocycles. The van der Waals surface area contributed by atoms with Crippen molar-refractivity contribution in [2.45, 2.75) is 26.1 Å². The van der Waals surface area contributed by atoms with Crippen LogP contribution in [0.4, 0.5) is 13.2 Å². The molecule has 1 aromatic rings. The summed E-state index contributed by atoms with van der Waals surface area (Å²) in [5.74, 6) is 0.0231. The van der Waals surface area contributed by atoms with Crippen molar-refractivity contribution in [3.05, 3.63) is 29.3 Å². The van der Waals surface area contributed by atoms with E-state index in [0.717, 1.165) is 5.56 Å². The van der Waals surface area contributed by atoms with Gasteiger partial charge in [0.25, 0.3) is 5.91 Å². The van der Waals surface area contributed by atoms with Crippen molar-refractivity contribution in [3.8, 4) is 5.75 Å². The van der Waals surface area contributed by atoms with Gasteiger partial charge in [-0.3, -0.25) is 9.69 Å². The molecule has 0 aliphatic carbocycles. The zero-order valence-electron chi connectivity index (χ0n) is 14.4. The minimum atomic E-state index is -4.39. The van der Waals surface area contributed by atoms with Crippen molar-refractivity contribution in [2.75, 3.05) is 39.3 Å². The number of aryl methyl sites for hydroxylation is 1. The maximum atomic E-state index is 13.3. The van der Waals surface area contributed by atoms with Crippen LogP contribution in [-0.4, -0.2) is 62.4 Å². The number of halogens is 3. The molecule has 1 fully saturated rings. The Morgan fingerprint density at radius 2 is 2.04 bits per heavy atom. The predicted octanol–water partition coefficient (Wildman–Crippen LogP) is 1.96. The van der Waals surface area contributed by atoms with Crippen LogP contribution in [0.1, 0.15) is 22.8 Å². The molecule has 0 radical (unpaired) electrons. The Kier molecular flexibility index (Phi) is 6.66. The Bertz CT molecular complexity index is 587. The molecule has 0 saturated carbocycles. The monoisotopic (exact) mass is 359 g/mol. The Balaban J connectivity index is 2.04. The first-order valence-corrected chi connectivity index (χ1v) is 8.36. The molecule has 0 bridgehead atoms. The molecule has 1 atom stereocenters. The maximum absolute atomic E-state index is 13.3. The fourth-order valence-corrected chi connectivity index (χ4v) is 2.79. The highest BCUT2D eigenvalue weighted by Gasteiger charge is 2.43. The van der Waals surface area contributed by atoms with Gasteiger partial charge in [0.05, 0.1) is 6.61 Å². The molecule has 0 spiro atoms. The zero-order chi connectivity index (χ0) is 18.4. The quantitative estimate of drug-likeness (QED) is 0.815. The second-order valence-electron chi connectivity index (χ2n) is 5.97. The number of carbonyl (C=O) groups is 1. The van der Waals surface area contributed by atoms with Crippen molar-refractivity contribution < 1.29 is 22.7 Å². The Morgan fingerprint density at radius 1 is 1.36 bits per heavy atom. The molecule has 5 nitrogen and oxygen atoms in total. The third-order valence-electron chi connectivity index (χ3n) is 4.18. The van der Waals surface area contributed by atoms with Gasteiger partial charge in [-0.1, -0.05) is 6.07 Å². The third-order valence-corrected chi connectivity index (χ3v) is 4.18. The zero-order valence-corrected chi connectivity index (χ0v) is 14.4. The Labute approximate surface area is 145 Å². The molecule has 1 aliphatic rings. The van der Waals surface area contributed by atoms with Gasteiger partial charge >= 0.3 is 6.18 Å². The molecule has 140 valence electrons. The van der Waals surface area contributed by atoms with E-state index < -0.39 is 24.7 Å². The molecule has 0 aromatic heterocycles. The highest BCUT2D eigenvalue weighted by atomic mass is 19.4. The summed E-state index contributed by atoms with van der Waals surface area (Å²) in [6.07, 6.45) is -4.39. The van der Waals surface area contributed by atoms with E-state index in [0.29, 0.717) is 38.5 Å². The van der Waals surface area contributed by atoms with Crippen LogP contribution >= 0.6 is 0 Å². The Morgan fingerprint density at radius 3 is 2.64 bits per heavy atom. The molecule has 1 unspecified atom stereocenters. The van der Waals surface area contributed by atoms with E-state index >= 15 is 0 Å². The molecular weight excluding hydrogens is 335 g/mol. The van der Waals surface area contributed by atoms with Crippen molar-refractivity contribution in [3.63, 3.8) is 0 Å². The lowest BCUT2D eigenvalue weighted by molar-refractivity contribution is -0.183. The minimum Gasteiger partial charge on any atom is -0.494 e. The van der Waals surface area contributed by atoms with Gasteiger partial charge in [-0.25, -0.2) is 0 Å². The van der Waals surface area contributed by atoms with Gasteiger partial charge in [-0.2, -0.15) is 13.2 Å². The smallest absolute Gasteiger partial charge is 0.405 e. The molecule has 2 rings (SSSR count). The van der Waals surface area contributed by atoms with Crippen LogP contribution in [0.2, 0.25) is 0 Å². The van der Waals surface area contributed by atoms with E-state index in [-0.39, 0.29) is 5.56 Å². The first kappa shape index (κ1) is 19.5. The second-order valence-corrected chi connectivity index (χ2v) is 5.97.